The molecule has 0 saturated carbocycles. The van der Waals surface area contributed by atoms with Crippen LogP contribution in [0, 0.1) is 0 Å². The molecule has 1 aliphatic carbocycles. The second-order valence-corrected chi connectivity index (χ2v) is 8.63. The van der Waals surface area contributed by atoms with Crippen LogP contribution < -0.4 is 5.56 Å². The standard InChI is InChI=1S/C20H20N2O2S2/c1-13(23)12-25-20-21-18-17(15-10-6-3-7-11-16(15)26-18)19(24)22(20)14-8-4-2-5-9-14/h2,4-5,8-9H,3,6-7,10-12H2,1H3. The van der Waals surface area contributed by atoms with E-state index in [2.05, 4.69) is 0 Å². The highest BCUT2D eigenvalue weighted by Gasteiger charge is 2.22. The van der Waals surface area contributed by atoms with Gasteiger partial charge in [0.15, 0.2) is 5.16 Å². The molecule has 1 aliphatic rings. The molecule has 0 aliphatic heterocycles. The highest BCUT2D eigenvalue weighted by molar-refractivity contribution is 7.99. The Bertz CT molecular complexity index is 1020. The Morgan fingerprint density at radius 2 is 1.96 bits per heavy atom. The predicted octanol–water partition coefficient (Wildman–Crippen LogP) is 4.40. The van der Waals surface area contributed by atoms with Crippen molar-refractivity contribution in [2.45, 2.75) is 44.2 Å². The lowest BCUT2D eigenvalue weighted by atomic mass is 10.1. The number of nitrogens with zero attached hydrogens (tertiary/aromatic N) is 2. The Balaban J connectivity index is 1.97. The van der Waals surface area contributed by atoms with E-state index in [1.807, 2.05) is 30.3 Å². The van der Waals surface area contributed by atoms with Crippen LogP contribution in [0.3, 0.4) is 0 Å². The molecule has 0 unspecified atom stereocenters. The molecule has 0 fully saturated rings. The van der Waals surface area contributed by atoms with Crippen molar-refractivity contribution in [2.24, 2.45) is 0 Å². The average molecular weight is 385 g/mol. The molecule has 0 radical (unpaired) electrons. The van der Waals surface area contributed by atoms with Gasteiger partial charge < -0.3 is 0 Å². The summed E-state index contributed by atoms with van der Waals surface area (Å²) in [6, 6.07) is 9.59. The van der Waals surface area contributed by atoms with Gasteiger partial charge in [-0.3, -0.25) is 14.2 Å². The van der Waals surface area contributed by atoms with Crippen molar-refractivity contribution < 1.29 is 4.79 Å². The zero-order chi connectivity index (χ0) is 18.1. The summed E-state index contributed by atoms with van der Waals surface area (Å²) in [6.07, 6.45) is 5.52. The first-order valence-corrected chi connectivity index (χ1v) is 10.7. The third-order valence-electron chi connectivity index (χ3n) is 4.63. The van der Waals surface area contributed by atoms with Gasteiger partial charge in [0, 0.05) is 4.88 Å². The molecule has 2 aromatic heterocycles. The molecule has 26 heavy (non-hydrogen) atoms. The largest absolute Gasteiger partial charge is 0.299 e. The molecule has 0 spiro atoms. The number of carbonyl (C=O) groups excluding carboxylic acids is 1. The number of benzene rings is 1. The van der Waals surface area contributed by atoms with Crippen molar-refractivity contribution in [2.75, 3.05) is 5.75 Å². The fourth-order valence-electron chi connectivity index (χ4n) is 3.43. The molecule has 0 saturated heterocycles. The van der Waals surface area contributed by atoms with Crippen molar-refractivity contribution in [1.82, 2.24) is 9.55 Å². The summed E-state index contributed by atoms with van der Waals surface area (Å²) in [5, 5.41) is 1.38. The molecule has 134 valence electrons. The molecule has 1 aromatic carbocycles. The van der Waals surface area contributed by atoms with E-state index in [1.54, 1.807) is 22.8 Å². The summed E-state index contributed by atoms with van der Waals surface area (Å²) < 4.78 is 1.67. The van der Waals surface area contributed by atoms with E-state index in [1.165, 1.54) is 35.0 Å². The van der Waals surface area contributed by atoms with Gasteiger partial charge in [0.05, 0.1) is 16.8 Å². The number of aromatic nitrogens is 2. The van der Waals surface area contributed by atoms with E-state index in [-0.39, 0.29) is 11.3 Å². The fraction of sp³-hybridized carbons (Fsp3) is 0.350. The van der Waals surface area contributed by atoms with Gasteiger partial charge in [0.2, 0.25) is 0 Å². The summed E-state index contributed by atoms with van der Waals surface area (Å²) >= 11 is 2.99. The number of aryl methyl sites for hydroxylation is 2. The summed E-state index contributed by atoms with van der Waals surface area (Å²) in [7, 11) is 0. The van der Waals surface area contributed by atoms with Crippen LogP contribution in [0.5, 0.6) is 0 Å². The van der Waals surface area contributed by atoms with E-state index in [0.29, 0.717) is 10.9 Å². The Hall–Kier alpha value is -1.92. The van der Waals surface area contributed by atoms with E-state index in [9.17, 15) is 9.59 Å². The van der Waals surface area contributed by atoms with Gasteiger partial charge >= 0.3 is 0 Å². The van der Waals surface area contributed by atoms with Gasteiger partial charge in [-0.2, -0.15) is 0 Å². The maximum atomic E-state index is 13.5. The van der Waals surface area contributed by atoms with Crippen LogP contribution in [0.15, 0.2) is 40.3 Å². The zero-order valence-corrected chi connectivity index (χ0v) is 16.3. The first-order chi connectivity index (χ1) is 12.6. The second kappa shape index (κ2) is 7.37. The fourth-order valence-corrected chi connectivity index (χ4v) is 5.55. The smallest absolute Gasteiger partial charge is 0.267 e. The predicted molar refractivity (Wildman–Crippen MR) is 108 cm³/mol. The highest BCUT2D eigenvalue weighted by atomic mass is 32.2. The van der Waals surface area contributed by atoms with Crippen molar-refractivity contribution in [3.05, 3.63) is 51.1 Å². The monoisotopic (exact) mass is 384 g/mol. The number of carbonyl (C=O) groups is 1. The van der Waals surface area contributed by atoms with Crippen molar-refractivity contribution in [1.29, 1.82) is 0 Å². The summed E-state index contributed by atoms with van der Waals surface area (Å²) in [5.41, 5.74) is 1.99. The van der Waals surface area contributed by atoms with Crippen LogP contribution >= 0.6 is 23.1 Å². The lowest BCUT2D eigenvalue weighted by molar-refractivity contribution is -0.114. The third kappa shape index (κ3) is 3.23. The van der Waals surface area contributed by atoms with Crippen LogP contribution in [0.4, 0.5) is 0 Å². The normalized spacial score (nSPS) is 14.2. The first-order valence-electron chi connectivity index (χ1n) is 8.90. The van der Waals surface area contributed by atoms with Gasteiger partial charge in [-0.25, -0.2) is 4.98 Å². The minimum Gasteiger partial charge on any atom is -0.299 e. The van der Waals surface area contributed by atoms with E-state index in [4.69, 9.17) is 4.98 Å². The number of thiophene rings is 1. The van der Waals surface area contributed by atoms with Crippen molar-refractivity contribution in [3.8, 4) is 5.69 Å². The quantitative estimate of drug-likeness (QED) is 0.380. The molecule has 4 rings (SSSR count). The molecule has 3 aromatic rings. The van der Waals surface area contributed by atoms with Gasteiger partial charge in [0.1, 0.15) is 10.6 Å². The summed E-state index contributed by atoms with van der Waals surface area (Å²) in [5.74, 6) is 0.390. The summed E-state index contributed by atoms with van der Waals surface area (Å²) in [6.45, 7) is 1.56. The van der Waals surface area contributed by atoms with E-state index in [0.717, 1.165) is 35.2 Å². The van der Waals surface area contributed by atoms with Gasteiger partial charge in [-0.15, -0.1) is 11.3 Å². The molecule has 2 heterocycles. The Kier molecular flexibility index (Phi) is 4.96. The SMILES string of the molecule is CC(=O)CSc1nc2sc3c(c2c(=O)n1-c1ccccc1)CCCCC3. The Labute approximate surface area is 160 Å². The minimum absolute atomic E-state index is 0.00773. The lowest BCUT2D eigenvalue weighted by Crippen LogP contribution is -2.22. The van der Waals surface area contributed by atoms with Gasteiger partial charge in [-0.1, -0.05) is 36.4 Å². The third-order valence-corrected chi connectivity index (χ3v) is 6.90. The number of fused-ring (bicyclic) bond motifs is 3. The van der Waals surface area contributed by atoms with Gasteiger partial charge in [0.25, 0.3) is 5.56 Å². The zero-order valence-electron chi connectivity index (χ0n) is 14.7. The number of Topliss-reactive ketones (excluding diaryl/α,β-unsaturated/α-hetero) is 1. The topological polar surface area (TPSA) is 52.0 Å². The molecule has 0 N–H and O–H groups in total. The van der Waals surface area contributed by atoms with Crippen molar-refractivity contribution in [3.63, 3.8) is 0 Å². The van der Waals surface area contributed by atoms with E-state index >= 15 is 0 Å². The minimum atomic E-state index is -0.00773. The number of ketones is 1. The molecule has 0 atom stereocenters. The van der Waals surface area contributed by atoms with Crippen LogP contribution in [0.1, 0.15) is 36.6 Å². The molecule has 0 amide bonds. The van der Waals surface area contributed by atoms with Crippen LogP contribution in [0.25, 0.3) is 15.9 Å². The highest BCUT2D eigenvalue weighted by Crippen LogP contribution is 2.34. The number of hydrogen-bond acceptors (Lipinski definition) is 5. The number of rotatable bonds is 4. The number of para-hydroxylation sites is 1. The molecule has 0 bridgehead atoms. The first kappa shape index (κ1) is 17.5. The molecule has 4 nitrogen and oxygen atoms in total. The number of hydrogen-bond donors (Lipinski definition) is 0. The molecular weight excluding hydrogens is 364 g/mol. The van der Waals surface area contributed by atoms with Crippen LogP contribution in [-0.4, -0.2) is 21.1 Å². The second-order valence-electron chi connectivity index (χ2n) is 6.61. The molecular formula is C20H20N2O2S2. The molecule has 6 heteroatoms. The average Bonchev–Trinajstić information content (AvgIpc) is 2.82. The van der Waals surface area contributed by atoms with Crippen molar-refractivity contribution >= 4 is 39.1 Å². The Morgan fingerprint density at radius 3 is 2.73 bits per heavy atom. The maximum absolute atomic E-state index is 13.5. The van der Waals surface area contributed by atoms with Crippen LogP contribution in [0.2, 0.25) is 0 Å². The maximum Gasteiger partial charge on any atom is 0.267 e. The number of thioether (sulfide) groups is 1. The Morgan fingerprint density at radius 1 is 1.19 bits per heavy atom. The summed E-state index contributed by atoms with van der Waals surface area (Å²) in [4.78, 5) is 31.9. The lowest BCUT2D eigenvalue weighted by Gasteiger charge is -2.12. The van der Waals surface area contributed by atoms with Gasteiger partial charge in [-0.05, 0) is 50.3 Å². The van der Waals surface area contributed by atoms with Crippen LogP contribution in [-0.2, 0) is 17.6 Å². The van der Waals surface area contributed by atoms with E-state index < -0.39 is 0 Å².